The van der Waals surface area contributed by atoms with Gasteiger partial charge in [-0.15, -0.1) is 11.8 Å². The van der Waals surface area contributed by atoms with Crippen molar-refractivity contribution in [3.8, 4) is 0 Å². The maximum absolute atomic E-state index is 13.3. The van der Waals surface area contributed by atoms with Crippen LogP contribution in [0.3, 0.4) is 0 Å². The molecule has 0 radical (unpaired) electrons. The number of nitrogens with one attached hydrogen (secondary N) is 2. The van der Waals surface area contributed by atoms with E-state index < -0.39 is 17.6 Å². The highest BCUT2D eigenvalue weighted by Crippen LogP contribution is 2.38. The highest BCUT2D eigenvalue weighted by Gasteiger charge is 2.44. The maximum Gasteiger partial charge on any atom is 0.328 e. The fraction of sp³-hybridized carbons (Fsp3) is 0.591. The van der Waals surface area contributed by atoms with Crippen LogP contribution in [-0.4, -0.2) is 53.7 Å². The van der Waals surface area contributed by atoms with Crippen LogP contribution in [0.4, 0.5) is 0 Å². The van der Waals surface area contributed by atoms with Crippen molar-refractivity contribution in [2.24, 2.45) is 0 Å². The summed E-state index contributed by atoms with van der Waals surface area (Å²) in [6.45, 7) is 0. The number of thioether (sulfide) groups is 2. The van der Waals surface area contributed by atoms with E-state index in [0.29, 0.717) is 25.7 Å². The van der Waals surface area contributed by atoms with Gasteiger partial charge in [0, 0.05) is 4.90 Å². The highest BCUT2D eigenvalue weighted by atomic mass is 32.2. The van der Waals surface area contributed by atoms with E-state index in [1.165, 1.54) is 12.7 Å². The first-order chi connectivity index (χ1) is 14.5. The molecule has 2 amide bonds. The molecule has 8 heteroatoms. The SMILES string of the molecule is COC(=O)[C@H](CCSC)NC(=O)C1(NC(=O)C2Cc3ccccc3S2)CCCCC1. The Morgan fingerprint density at radius 1 is 1.23 bits per heavy atom. The lowest BCUT2D eigenvalue weighted by Gasteiger charge is -2.38. The molecule has 1 fully saturated rings. The Bertz CT molecular complexity index is 755. The number of ether oxygens (including phenoxy) is 1. The molecule has 0 saturated heterocycles. The van der Waals surface area contributed by atoms with Gasteiger partial charge in [0.2, 0.25) is 11.8 Å². The van der Waals surface area contributed by atoms with Gasteiger partial charge in [-0.3, -0.25) is 9.59 Å². The predicted octanol–water partition coefficient (Wildman–Crippen LogP) is 2.93. The van der Waals surface area contributed by atoms with Gasteiger partial charge in [-0.05, 0) is 49.3 Å². The van der Waals surface area contributed by atoms with Crippen molar-refractivity contribution < 1.29 is 19.1 Å². The average Bonchev–Trinajstić information content (AvgIpc) is 3.21. The lowest BCUT2D eigenvalue weighted by molar-refractivity contribution is -0.146. The summed E-state index contributed by atoms with van der Waals surface area (Å²) in [7, 11) is 1.33. The van der Waals surface area contributed by atoms with Crippen LogP contribution >= 0.6 is 23.5 Å². The lowest BCUT2D eigenvalue weighted by Crippen LogP contribution is -2.63. The molecule has 0 spiro atoms. The van der Waals surface area contributed by atoms with Gasteiger partial charge in [0.15, 0.2) is 0 Å². The molecule has 3 rings (SSSR count). The molecule has 2 N–H and O–H groups in total. The fourth-order valence-electron chi connectivity index (χ4n) is 4.13. The molecule has 1 saturated carbocycles. The van der Waals surface area contributed by atoms with Crippen molar-refractivity contribution in [3.05, 3.63) is 29.8 Å². The van der Waals surface area contributed by atoms with E-state index >= 15 is 0 Å². The summed E-state index contributed by atoms with van der Waals surface area (Å²) in [5.74, 6) is -0.0906. The summed E-state index contributed by atoms with van der Waals surface area (Å²) in [4.78, 5) is 39.8. The molecule has 2 atom stereocenters. The van der Waals surface area contributed by atoms with Gasteiger partial charge >= 0.3 is 5.97 Å². The number of benzene rings is 1. The number of methoxy groups -OCH3 is 1. The van der Waals surface area contributed by atoms with E-state index in [2.05, 4.69) is 10.6 Å². The minimum absolute atomic E-state index is 0.105. The third-order valence-corrected chi connectivity index (χ3v) is 7.81. The van der Waals surface area contributed by atoms with Gasteiger partial charge in [-0.25, -0.2) is 4.79 Å². The molecule has 1 aromatic rings. The summed E-state index contributed by atoms with van der Waals surface area (Å²) in [5.41, 5.74) is 0.212. The zero-order chi connectivity index (χ0) is 21.6. The Labute approximate surface area is 186 Å². The Morgan fingerprint density at radius 2 is 1.97 bits per heavy atom. The summed E-state index contributed by atoms with van der Waals surface area (Å²) in [6, 6.07) is 7.34. The number of amides is 2. The average molecular weight is 451 g/mol. The molecule has 2 aliphatic rings. The van der Waals surface area contributed by atoms with Gasteiger partial charge in [0.1, 0.15) is 11.6 Å². The Balaban J connectivity index is 1.71. The topological polar surface area (TPSA) is 84.5 Å². The van der Waals surface area contributed by atoms with Gasteiger partial charge in [0.25, 0.3) is 0 Å². The normalized spacial score (nSPS) is 20.7. The number of esters is 1. The second-order valence-corrected chi connectivity index (χ2v) is 10.1. The number of hydrogen-bond donors (Lipinski definition) is 2. The van der Waals surface area contributed by atoms with Crippen molar-refractivity contribution in [2.45, 2.75) is 66.7 Å². The van der Waals surface area contributed by atoms with Gasteiger partial charge in [0.05, 0.1) is 12.4 Å². The molecule has 30 heavy (non-hydrogen) atoms. The molecular formula is C22H30N2O4S2. The Hall–Kier alpha value is -1.67. The number of fused-ring (bicyclic) bond motifs is 1. The third-order valence-electron chi connectivity index (χ3n) is 5.85. The smallest absolute Gasteiger partial charge is 0.328 e. The quantitative estimate of drug-likeness (QED) is 0.593. The van der Waals surface area contributed by atoms with Gasteiger partial charge < -0.3 is 15.4 Å². The Morgan fingerprint density at radius 3 is 2.63 bits per heavy atom. The number of hydrogen-bond acceptors (Lipinski definition) is 6. The molecule has 164 valence electrons. The van der Waals surface area contributed by atoms with Crippen molar-refractivity contribution in [1.82, 2.24) is 10.6 Å². The van der Waals surface area contributed by atoms with Crippen LogP contribution in [-0.2, 0) is 25.5 Å². The van der Waals surface area contributed by atoms with Crippen LogP contribution in [0.1, 0.15) is 44.1 Å². The van der Waals surface area contributed by atoms with Crippen LogP contribution in [0, 0.1) is 0 Å². The van der Waals surface area contributed by atoms with Crippen molar-refractivity contribution in [3.63, 3.8) is 0 Å². The Kier molecular flexibility index (Phi) is 8.11. The van der Waals surface area contributed by atoms with Crippen LogP contribution in [0.15, 0.2) is 29.2 Å². The van der Waals surface area contributed by atoms with E-state index in [-0.39, 0.29) is 17.1 Å². The first kappa shape index (κ1) is 23.0. The molecule has 1 aliphatic heterocycles. The van der Waals surface area contributed by atoms with Crippen LogP contribution in [0.2, 0.25) is 0 Å². The van der Waals surface area contributed by atoms with Crippen LogP contribution < -0.4 is 10.6 Å². The summed E-state index contributed by atoms with van der Waals surface area (Å²) in [6.07, 6.45) is 7.09. The van der Waals surface area contributed by atoms with Gasteiger partial charge in [-0.2, -0.15) is 11.8 Å². The van der Waals surface area contributed by atoms with Crippen molar-refractivity contribution >= 4 is 41.3 Å². The zero-order valence-electron chi connectivity index (χ0n) is 17.6. The summed E-state index contributed by atoms with van der Waals surface area (Å²) < 4.78 is 4.88. The van der Waals surface area contributed by atoms with E-state index in [1.54, 1.807) is 23.5 Å². The van der Waals surface area contributed by atoms with Crippen LogP contribution in [0.5, 0.6) is 0 Å². The summed E-state index contributed by atoms with van der Waals surface area (Å²) in [5, 5.41) is 5.74. The highest BCUT2D eigenvalue weighted by molar-refractivity contribution is 8.01. The monoisotopic (exact) mass is 450 g/mol. The lowest BCUT2D eigenvalue weighted by atomic mass is 9.80. The van der Waals surface area contributed by atoms with Crippen molar-refractivity contribution in [2.75, 3.05) is 19.1 Å². The number of carbonyl (C=O) groups excluding carboxylic acids is 3. The molecule has 6 nitrogen and oxygen atoms in total. The van der Waals surface area contributed by atoms with Gasteiger partial charge in [-0.1, -0.05) is 37.5 Å². The first-order valence-corrected chi connectivity index (χ1v) is 12.7. The molecular weight excluding hydrogens is 420 g/mol. The van der Waals surface area contributed by atoms with Crippen LogP contribution in [0.25, 0.3) is 0 Å². The number of carbonyl (C=O) groups is 3. The van der Waals surface area contributed by atoms with E-state index in [1.807, 2.05) is 30.5 Å². The minimum Gasteiger partial charge on any atom is -0.467 e. The molecule has 1 heterocycles. The number of rotatable bonds is 8. The largest absolute Gasteiger partial charge is 0.467 e. The predicted molar refractivity (Wildman–Crippen MR) is 121 cm³/mol. The molecule has 1 aliphatic carbocycles. The molecule has 0 bridgehead atoms. The van der Waals surface area contributed by atoms with E-state index in [4.69, 9.17) is 4.74 Å². The van der Waals surface area contributed by atoms with E-state index in [9.17, 15) is 14.4 Å². The van der Waals surface area contributed by atoms with E-state index in [0.717, 1.165) is 29.9 Å². The molecule has 0 aromatic heterocycles. The molecule has 1 unspecified atom stereocenters. The third kappa shape index (κ3) is 5.32. The second kappa shape index (κ2) is 10.6. The second-order valence-electron chi connectivity index (χ2n) is 7.88. The fourth-order valence-corrected chi connectivity index (χ4v) is 5.80. The molecule has 1 aromatic carbocycles. The zero-order valence-corrected chi connectivity index (χ0v) is 19.2. The van der Waals surface area contributed by atoms with Crippen molar-refractivity contribution in [1.29, 1.82) is 0 Å². The maximum atomic E-state index is 13.3. The minimum atomic E-state index is -0.962. The summed E-state index contributed by atoms with van der Waals surface area (Å²) >= 11 is 3.17. The standard InChI is InChI=1S/C22H30N2O4S2/c1-28-20(26)16(10-13-29-2)23-21(27)22(11-6-3-7-12-22)24-19(25)18-14-15-8-4-5-9-17(15)30-18/h4-5,8-9,16,18H,3,6-7,10-14H2,1-2H3,(H,23,27)(H,24,25)/t16-,18?/m0/s1. The first-order valence-electron chi connectivity index (χ1n) is 10.4.